The molecule has 62 valence electrons. The smallest absolute Gasteiger partial charge is 0.177 e. The number of hydrogen-bond acceptors (Lipinski definition) is 1. The molecule has 0 saturated carbocycles. The minimum absolute atomic E-state index is 0.507. The van der Waals surface area contributed by atoms with Crippen LogP contribution in [0.1, 0.15) is 32.0 Å². The predicted octanol–water partition coefficient (Wildman–Crippen LogP) is 2.83. The van der Waals surface area contributed by atoms with Crippen molar-refractivity contribution in [2.45, 2.75) is 33.2 Å². The highest BCUT2D eigenvalue weighted by molar-refractivity contribution is 7.71. The molecule has 1 unspecified atom stereocenters. The molecule has 1 aromatic rings. The second kappa shape index (κ2) is 3.22. The number of imidazole rings is 1. The van der Waals surface area contributed by atoms with Gasteiger partial charge in [-0.3, -0.25) is 0 Å². The molecule has 2 nitrogen and oxygen atoms in total. The zero-order valence-corrected chi connectivity index (χ0v) is 8.03. The van der Waals surface area contributed by atoms with Crippen molar-refractivity contribution in [1.29, 1.82) is 0 Å². The van der Waals surface area contributed by atoms with Gasteiger partial charge in [0.1, 0.15) is 0 Å². The van der Waals surface area contributed by atoms with Gasteiger partial charge < -0.3 is 9.55 Å². The van der Waals surface area contributed by atoms with Gasteiger partial charge in [0.05, 0.1) is 0 Å². The van der Waals surface area contributed by atoms with Crippen molar-refractivity contribution in [2.75, 3.05) is 0 Å². The van der Waals surface area contributed by atoms with Crippen molar-refractivity contribution < 1.29 is 0 Å². The monoisotopic (exact) mass is 170 g/mol. The fraction of sp³-hybridized carbons (Fsp3) is 0.625. The van der Waals surface area contributed by atoms with Crippen LogP contribution in [0.4, 0.5) is 0 Å². The summed E-state index contributed by atoms with van der Waals surface area (Å²) in [5.74, 6) is 0. The van der Waals surface area contributed by atoms with E-state index in [0.29, 0.717) is 6.04 Å². The summed E-state index contributed by atoms with van der Waals surface area (Å²) in [5.41, 5.74) is 1.13. The Hall–Kier alpha value is -0.570. The van der Waals surface area contributed by atoms with E-state index >= 15 is 0 Å². The third kappa shape index (κ3) is 1.71. The van der Waals surface area contributed by atoms with Gasteiger partial charge in [0.2, 0.25) is 0 Å². The quantitative estimate of drug-likeness (QED) is 0.677. The Morgan fingerprint density at radius 1 is 1.73 bits per heavy atom. The van der Waals surface area contributed by atoms with Crippen LogP contribution in [0.5, 0.6) is 0 Å². The first-order valence-electron chi connectivity index (χ1n) is 3.93. The van der Waals surface area contributed by atoms with E-state index in [0.717, 1.165) is 16.9 Å². The molecule has 0 aromatic carbocycles. The molecule has 0 aliphatic heterocycles. The zero-order chi connectivity index (χ0) is 8.43. The highest BCUT2D eigenvalue weighted by atomic mass is 32.1. The highest BCUT2D eigenvalue weighted by Gasteiger charge is 2.02. The van der Waals surface area contributed by atoms with Gasteiger partial charge in [0.15, 0.2) is 4.77 Å². The molecule has 0 radical (unpaired) electrons. The first-order chi connectivity index (χ1) is 5.15. The fourth-order valence-electron chi connectivity index (χ4n) is 1.06. The number of hydrogen-bond donors (Lipinski definition) is 1. The van der Waals surface area contributed by atoms with E-state index in [-0.39, 0.29) is 0 Å². The number of nitrogens with one attached hydrogen (secondary N) is 1. The lowest BCUT2D eigenvalue weighted by Crippen LogP contribution is -2.01. The van der Waals surface area contributed by atoms with Crippen LogP contribution in [-0.2, 0) is 0 Å². The van der Waals surface area contributed by atoms with Crippen molar-refractivity contribution in [2.24, 2.45) is 0 Å². The second-order valence-electron chi connectivity index (χ2n) is 2.91. The molecule has 3 heteroatoms. The number of H-pyrrole nitrogens is 1. The molecule has 0 aliphatic carbocycles. The largest absolute Gasteiger partial charge is 0.335 e. The maximum Gasteiger partial charge on any atom is 0.177 e. The Morgan fingerprint density at radius 2 is 2.36 bits per heavy atom. The minimum atomic E-state index is 0.507. The molecule has 1 aromatic heterocycles. The number of aromatic nitrogens is 2. The molecule has 0 aliphatic rings. The number of nitrogens with zero attached hydrogens (tertiary/aromatic N) is 1. The van der Waals surface area contributed by atoms with Crippen LogP contribution < -0.4 is 0 Å². The van der Waals surface area contributed by atoms with Gasteiger partial charge in [-0.05, 0) is 32.5 Å². The highest BCUT2D eigenvalue weighted by Crippen LogP contribution is 2.11. The molecular formula is C8H14N2S. The normalized spacial score (nSPS) is 13.4. The van der Waals surface area contributed by atoms with E-state index in [4.69, 9.17) is 12.2 Å². The summed E-state index contributed by atoms with van der Waals surface area (Å²) < 4.78 is 2.93. The Bertz CT molecular complexity index is 285. The van der Waals surface area contributed by atoms with Gasteiger partial charge in [-0.15, -0.1) is 0 Å². The summed E-state index contributed by atoms with van der Waals surface area (Å²) in [7, 11) is 0. The van der Waals surface area contributed by atoms with Gasteiger partial charge in [-0.1, -0.05) is 6.92 Å². The fourth-order valence-corrected chi connectivity index (χ4v) is 1.45. The molecule has 11 heavy (non-hydrogen) atoms. The van der Waals surface area contributed by atoms with Crippen LogP contribution in [0.15, 0.2) is 6.20 Å². The SMILES string of the molecule is CCC(C)n1cc(C)[nH]c1=S. The minimum Gasteiger partial charge on any atom is -0.335 e. The van der Waals surface area contributed by atoms with Crippen molar-refractivity contribution in [3.63, 3.8) is 0 Å². The first-order valence-corrected chi connectivity index (χ1v) is 4.33. The van der Waals surface area contributed by atoms with Gasteiger partial charge in [-0.25, -0.2) is 0 Å². The lowest BCUT2D eigenvalue weighted by atomic mass is 10.3. The van der Waals surface area contributed by atoms with Gasteiger partial charge in [0, 0.05) is 17.9 Å². The lowest BCUT2D eigenvalue weighted by molar-refractivity contribution is 0.524. The lowest BCUT2D eigenvalue weighted by Gasteiger charge is -2.08. The predicted molar refractivity (Wildman–Crippen MR) is 49.4 cm³/mol. The van der Waals surface area contributed by atoms with Gasteiger partial charge in [0.25, 0.3) is 0 Å². The van der Waals surface area contributed by atoms with Gasteiger partial charge >= 0.3 is 0 Å². The summed E-state index contributed by atoms with van der Waals surface area (Å²) in [5, 5.41) is 0. The molecule has 1 heterocycles. The second-order valence-corrected chi connectivity index (χ2v) is 3.29. The Labute approximate surface area is 72.3 Å². The summed E-state index contributed by atoms with van der Waals surface area (Å²) in [6.07, 6.45) is 3.18. The average Bonchev–Trinajstić information content (AvgIpc) is 2.28. The maximum absolute atomic E-state index is 5.12. The van der Waals surface area contributed by atoms with Crippen LogP contribution in [0.3, 0.4) is 0 Å². The zero-order valence-electron chi connectivity index (χ0n) is 7.22. The summed E-state index contributed by atoms with van der Waals surface area (Å²) in [6.45, 7) is 6.35. The Balaban J connectivity index is 3.03. The van der Waals surface area contributed by atoms with Gasteiger partial charge in [-0.2, -0.15) is 0 Å². The van der Waals surface area contributed by atoms with Crippen LogP contribution in [0.25, 0.3) is 0 Å². The molecule has 1 atom stereocenters. The number of aromatic amines is 1. The van der Waals surface area contributed by atoms with E-state index in [1.165, 1.54) is 0 Å². The van der Waals surface area contributed by atoms with Crippen molar-refractivity contribution in [3.8, 4) is 0 Å². The third-order valence-corrected chi connectivity index (χ3v) is 2.25. The van der Waals surface area contributed by atoms with Crippen LogP contribution in [0.2, 0.25) is 0 Å². The maximum atomic E-state index is 5.12. The summed E-state index contributed by atoms with van der Waals surface area (Å²) >= 11 is 5.12. The summed E-state index contributed by atoms with van der Waals surface area (Å²) in [4.78, 5) is 3.10. The molecule has 0 bridgehead atoms. The van der Waals surface area contributed by atoms with E-state index < -0.39 is 0 Å². The van der Waals surface area contributed by atoms with E-state index in [1.54, 1.807) is 0 Å². The number of aryl methyl sites for hydroxylation is 1. The van der Waals surface area contributed by atoms with Crippen molar-refractivity contribution >= 4 is 12.2 Å². The summed E-state index contributed by atoms with van der Waals surface area (Å²) in [6, 6.07) is 0.507. The molecule has 0 amide bonds. The number of rotatable bonds is 2. The average molecular weight is 170 g/mol. The first kappa shape index (κ1) is 8.53. The molecular weight excluding hydrogens is 156 g/mol. The molecule has 1 N–H and O–H groups in total. The van der Waals surface area contributed by atoms with E-state index in [9.17, 15) is 0 Å². The van der Waals surface area contributed by atoms with Crippen LogP contribution in [-0.4, -0.2) is 9.55 Å². The Kier molecular flexibility index (Phi) is 2.49. The van der Waals surface area contributed by atoms with E-state index in [2.05, 4.69) is 29.6 Å². The van der Waals surface area contributed by atoms with Crippen molar-refractivity contribution in [1.82, 2.24) is 9.55 Å². The standard InChI is InChI=1S/C8H14N2S/c1-4-7(3)10-5-6(2)9-8(10)11/h5,7H,4H2,1-3H3,(H,9,11). The topological polar surface area (TPSA) is 20.7 Å². The molecule has 0 fully saturated rings. The van der Waals surface area contributed by atoms with Crippen LogP contribution in [0, 0.1) is 11.7 Å². The van der Waals surface area contributed by atoms with Crippen LogP contribution >= 0.6 is 12.2 Å². The van der Waals surface area contributed by atoms with Crippen molar-refractivity contribution in [3.05, 3.63) is 16.7 Å². The molecule has 1 rings (SSSR count). The molecule has 0 saturated heterocycles. The Morgan fingerprint density at radius 3 is 2.73 bits per heavy atom. The van der Waals surface area contributed by atoms with E-state index in [1.807, 2.05) is 6.92 Å². The third-order valence-electron chi connectivity index (χ3n) is 1.94. The molecule has 0 spiro atoms.